The van der Waals surface area contributed by atoms with Crippen molar-refractivity contribution in [2.45, 2.75) is 6.92 Å². The van der Waals surface area contributed by atoms with Crippen molar-refractivity contribution in [2.75, 3.05) is 0 Å². The Bertz CT molecular complexity index is 564. The second-order valence-electron chi connectivity index (χ2n) is 3.76. The monoisotopic (exact) mass is 229 g/mol. The SMILES string of the molecule is Cc1ccccc1[N+]([O-])=Cc1ccccc1F. The van der Waals surface area contributed by atoms with Gasteiger partial charge in [0.1, 0.15) is 5.82 Å². The molecule has 86 valence electrons. The van der Waals surface area contributed by atoms with Gasteiger partial charge in [0, 0.05) is 11.6 Å². The summed E-state index contributed by atoms with van der Waals surface area (Å²) in [6.07, 6.45) is 1.25. The summed E-state index contributed by atoms with van der Waals surface area (Å²) in [7, 11) is 0. The molecule has 0 amide bonds. The van der Waals surface area contributed by atoms with E-state index >= 15 is 0 Å². The lowest BCUT2D eigenvalue weighted by molar-refractivity contribution is -0.355. The molecule has 3 heteroatoms. The van der Waals surface area contributed by atoms with Gasteiger partial charge in [-0.2, -0.15) is 4.74 Å². The molecular formula is C14H12FNO. The molecule has 0 N–H and O–H groups in total. The Labute approximate surface area is 99.2 Å². The third-order valence-electron chi connectivity index (χ3n) is 2.51. The van der Waals surface area contributed by atoms with Gasteiger partial charge in [0.25, 0.3) is 0 Å². The lowest BCUT2D eigenvalue weighted by Gasteiger charge is -2.05. The van der Waals surface area contributed by atoms with E-state index in [9.17, 15) is 9.60 Å². The number of aryl methyl sites for hydroxylation is 1. The van der Waals surface area contributed by atoms with Gasteiger partial charge in [-0.1, -0.05) is 30.3 Å². The lowest BCUT2D eigenvalue weighted by Crippen LogP contribution is -2.01. The number of benzene rings is 2. The smallest absolute Gasteiger partial charge is 0.219 e. The van der Waals surface area contributed by atoms with Gasteiger partial charge in [-0.05, 0) is 19.1 Å². The molecule has 0 aliphatic heterocycles. The molecule has 0 fully saturated rings. The number of hydrogen-bond acceptors (Lipinski definition) is 1. The largest absolute Gasteiger partial charge is 0.618 e. The van der Waals surface area contributed by atoms with Crippen molar-refractivity contribution >= 4 is 11.9 Å². The van der Waals surface area contributed by atoms with Crippen molar-refractivity contribution < 1.29 is 9.13 Å². The summed E-state index contributed by atoms with van der Waals surface area (Å²) in [5.41, 5.74) is 1.66. The zero-order valence-corrected chi connectivity index (χ0v) is 9.43. The van der Waals surface area contributed by atoms with Crippen molar-refractivity contribution in [1.29, 1.82) is 0 Å². The molecule has 0 aliphatic carbocycles. The standard InChI is InChI=1S/C14H12FNO/c1-11-6-2-5-9-14(11)16(17)10-12-7-3-4-8-13(12)15/h2-10H,1H3. The summed E-state index contributed by atoms with van der Waals surface area (Å²) in [5.74, 6) is -0.401. The first kappa shape index (κ1) is 11.3. The van der Waals surface area contributed by atoms with Crippen LogP contribution < -0.4 is 0 Å². The molecule has 0 heterocycles. The minimum atomic E-state index is -0.401. The molecule has 2 nitrogen and oxygen atoms in total. The van der Waals surface area contributed by atoms with E-state index < -0.39 is 5.82 Å². The molecule has 0 saturated carbocycles. The van der Waals surface area contributed by atoms with E-state index in [-0.39, 0.29) is 5.56 Å². The molecule has 2 rings (SSSR count). The predicted octanol–water partition coefficient (Wildman–Crippen LogP) is 3.40. The van der Waals surface area contributed by atoms with Crippen LogP contribution in [0.5, 0.6) is 0 Å². The molecule has 0 bridgehead atoms. The van der Waals surface area contributed by atoms with Crippen molar-refractivity contribution in [3.05, 3.63) is 70.7 Å². The molecule has 0 unspecified atom stereocenters. The normalized spacial score (nSPS) is 11.5. The fourth-order valence-electron chi connectivity index (χ4n) is 1.59. The highest BCUT2D eigenvalue weighted by molar-refractivity contribution is 5.77. The van der Waals surface area contributed by atoms with E-state index in [1.165, 1.54) is 12.3 Å². The van der Waals surface area contributed by atoms with Crippen LogP contribution in [0.3, 0.4) is 0 Å². The van der Waals surface area contributed by atoms with Gasteiger partial charge in [-0.15, -0.1) is 0 Å². The second-order valence-corrected chi connectivity index (χ2v) is 3.76. The van der Waals surface area contributed by atoms with Crippen molar-refractivity contribution in [2.24, 2.45) is 0 Å². The minimum Gasteiger partial charge on any atom is -0.618 e. The number of para-hydroxylation sites is 1. The highest BCUT2D eigenvalue weighted by Crippen LogP contribution is 2.16. The molecule has 17 heavy (non-hydrogen) atoms. The van der Waals surface area contributed by atoms with Gasteiger partial charge in [0.15, 0.2) is 6.21 Å². The maximum atomic E-state index is 13.4. The van der Waals surface area contributed by atoms with Gasteiger partial charge >= 0.3 is 0 Å². The first-order valence-corrected chi connectivity index (χ1v) is 5.30. The first-order valence-electron chi connectivity index (χ1n) is 5.30. The van der Waals surface area contributed by atoms with Crippen LogP contribution in [0.2, 0.25) is 0 Å². The van der Waals surface area contributed by atoms with Crippen molar-refractivity contribution in [3.63, 3.8) is 0 Å². The zero-order valence-electron chi connectivity index (χ0n) is 9.43. The molecule has 0 radical (unpaired) electrons. The Morgan fingerprint density at radius 1 is 1.06 bits per heavy atom. The molecule has 0 saturated heterocycles. The summed E-state index contributed by atoms with van der Waals surface area (Å²) in [5, 5.41) is 11.9. The molecule has 0 spiro atoms. The van der Waals surface area contributed by atoms with Crippen molar-refractivity contribution in [1.82, 2.24) is 0 Å². The molecule has 0 aliphatic rings. The van der Waals surface area contributed by atoms with Gasteiger partial charge in [0.05, 0.1) is 5.56 Å². The van der Waals surface area contributed by atoms with Crippen molar-refractivity contribution in [3.8, 4) is 0 Å². The van der Waals surface area contributed by atoms with E-state index in [1.807, 2.05) is 19.1 Å². The molecule has 0 aromatic heterocycles. The third kappa shape index (κ3) is 2.50. The quantitative estimate of drug-likeness (QED) is 0.335. The van der Waals surface area contributed by atoms with Crippen LogP contribution in [0.4, 0.5) is 10.1 Å². The van der Waals surface area contributed by atoms with E-state index in [0.29, 0.717) is 10.4 Å². The van der Waals surface area contributed by atoms with Crippen LogP contribution in [0, 0.1) is 17.9 Å². The second kappa shape index (κ2) is 4.78. The van der Waals surface area contributed by atoms with E-state index in [1.54, 1.807) is 30.3 Å². The molecule has 2 aromatic carbocycles. The van der Waals surface area contributed by atoms with Gasteiger partial charge in [-0.25, -0.2) is 4.39 Å². The van der Waals surface area contributed by atoms with Crippen LogP contribution in [0.15, 0.2) is 48.5 Å². The van der Waals surface area contributed by atoms with E-state index in [2.05, 4.69) is 0 Å². The fourth-order valence-corrected chi connectivity index (χ4v) is 1.59. The van der Waals surface area contributed by atoms with Crippen LogP contribution >= 0.6 is 0 Å². The van der Waals surface area contributed by atoms with Gasteiger partial charge in [-0.3, -0.25) is 0 Å². The number of halogens is 1. The summed E-state index contributed by atoms with van der Waals surface area (Å²) in [6, 6.07) is 13.4. The van der Waals surface area contributed by atoms with Gasteiger partial charge in [0.2, 0.25) is 5.69 Å². The first-order chi connectivity index (χ1) is 8.18. The highest BCUT2D eigenvalue weighted by Gasteiger charge is 2.07. The van der Waals surface area contributed by atoms with Gasteiger partial charge < -0.3 is 5.21 Å². The summed E-state index contributed by atoms with van der Waals surface area (Å²) in [6.45, 7) is 1.84. The molecule has 2 aromatic rings. The summed E-state index contributed by atoms with van der Waals surface area (Å²) >= 11 is 0. The Morgan fingerprint density at radius 3 is 2.41 bits per heavy atom. The highest BCUT2D eigenvalue weighted by atomic mass is 19.1. The Morgan fingerprint density at radius 2 is 1.71 bits per heavy atom. The average Bonchev–Trinajstić information content (AvgIpc) is 2.32. The van der Waals surface area contributed by atoms with Crippen LogP contribution in [0.25, 0.3) is 0 Å². The number of rotatable bonds is 2. The van der Waals surface area contributed by atoms with Crippen LogP contribution in [-0.4, -0.2) is 11.0 Å². The molecular weight excluding hydrogens is 217 g/mol. The molecule has 0 atom stereocenters. The average molecular weight is 229 g/mol. The maximum Gasteiger partial charge on any atom is 0.219 e. The van der Waals surface area contributed by atoms with E-state index in [0.717, 1.165) is 5.56 Å². The van der Waals surface area contributed by atoms with Crippen LogP contribution in [0.1, 0.15) is 11.1 Å². The predicted molar refractivity (Wildman–Crippen MR) is 66.0 cm³/mol. The summed E-state index contributed by atoms with van der Waals surface area (Å²) in [4.78, 5) is 0. The Hall–Kier alpha value is -2.16. The fraction of sp³-hybridized carbons (Fsp3) is 0.0714. The maximum absolute atomic E-state index is 13.4. The zero-order chi connectivity index (χ0) is 12.3. The summed E-state index contributed by atoms with van der Waals surface area (Å²) < 4.78 is 14.1. The Kier molecular flexibility index (Phi) is 3.19. The number of hydrogen-bond donors (Lipinski definition) is 0. The minimum absolute atomic E-state index is 0.283. The number of nitrogens with zero attached hydrogens (tertiary/aromatic N) is 1. The van der Waals surface area contributed by atoms with E-state index in [4.69, 9.17) is 0 Å². The Balaban J connectivity index is 2.42. The lowest BCUT2D eigenvalue weighted by atomic mass is 10.2. The third-order valence-corrected chi connectivity index (χ3v) is 2.51. The topological polar surface area (TPSA) is 26.1 Å². The van der Waals surface area contributed by atoms with Crippen LogP contribution in [-0.2, 0) is 0 Å².